The smallest absolute Gasteiger partial charge is 0.245 e. The molecular formula is C12H14F2O. The van der Waals surface area contributed by atoms with Gasteiger partial charge in [0, 0.05) is 11.5 Å². The quantitative estimate of drug-likeness (QED) is 0.698. The number of aldehydes is 1. The van der Waals surface area contributed by atoms with Crippen LogP contribution in [0.5, 0.6) is 0 Å². The first-order valence-corrected chi connectivity index (χ1v) is 4.90. The summed E-state index contributed by atoms with van der Waals surface area (Å²) in [7, 11) is 0. The van der Waals surface area contributed by atoms with Crippen LogP contribution in [0.25, 0.3) is 0 Å². The Morgan fingerprint density at radius 3 is 2.27 bits per heavy atom. The Morgan fingerprint density at radius 2 is 1.80 bits per heavy atom. The number of alkyl halides is 2. The largest absolute Gasteiger partial charge is 0.298 e. The zero-order valence-corrected chi connectivity index (χ0v) is 8.78. The number of carbonyl (C=O) groups excluding carboxylic acids is 1. The van der Waals surface area contributed by atoms with Crippen molar-refractivity contribution in [2.75, 3.05) is 0 Å². The van der Waals surface area contributed by atoms with Crippen LogP contribution in [0, 0.1) is 5.92 Å². The van der Waals surface area contributed by atoms with Crippen molar-refractivity contribution in [2.24, 2.45) is 5.92 Å². The summed E-state index contributed by atoms with van der Waals surface area (Å²) in [6.45, 7) is 3.47. The number of hydrogen-bond acceptors (Lipinski definition) is 1. The number of rotatable bonds is 4. The van der Waals surface area contributed by atoms with Gasteiger partial charge >= 0.3 is 0 Å². The molecule has 82 valence electrons. The minimum Gasteiger partial charge on any atom is -0.298 e. The van der Waals surface area contributed by atoms with Gasteiger partial charge in [-0.25, -0.2) is 8.78 Å². The molecule has 1 rings (SSSR count). The van der Waals surface area contributed by atoms with E-state index >= 15 is 0 Å². The lowest BCUT2D eigenvalue weighted by molar-refractivity contribution is 0.0926. The van der Waals surface area contributed by atoms with Gasteiger partial charge in [0.05, 0.1) is 0 Å². The van der Waals surface area contributed by atoms with Crippen LogP contribution in [0.4, 0.5) is 8.78 Å². The highest BCUT2D eigenvalue weighted by Crippen LogP contribution is 2.32. The highest BCUT2D eigenvalue weighted by Gasteiger charge is 2.27. The maximum Gasteiger partial charge on any atom is 0.245 e. The molecule has 0 aliphatic carbocycles. The van der Waals surface area contributed by atoms with Crippen molar-refractivity contribution < 1.29 is 13.6 Å². The van der Waals surface area contributed by atoms with E-state index in [-0.39, 0.29) is 5.92 Å². The molecule has 3 heteroatoms. The number of halogens is 2. The molecule has 0 fully saturated rings. The summed E-state index contributed by atoms with van der Waals surface area (Å²) >= 11 is 0. The second-order valence-corrected chi connectivity index (χ2v) is 3.85. The summed E-state index contributed by atoms with van der Waals surface area (Å²) in [5, 5.41) is 0. The van der Waals surface area contributed by atoms with Gasteiger partial charge in [-0.05, 0) is 11.5 Å². The fourth-order valence-corrected chi connectivity index (χ4v) is 1.71. The summed E-state index contributed by atoms with van der Waals surface area (Å²) in [6, 6.07) is 6.52. The van der Waals surface area contributed by atoms with Gasteiger partial charge in [0.2, 0.25) is 6.43 Å². The Kier molecular flexibility index (Phi) is 3.95. The number of carbonyl (C=O) groups is 1. The molecule has 1 aromatic rings. The molecule has 15 heavy (non-hydrogen) atoms. The minimum atomic E-state index is -2.44. The van der Waals surface area contributed by atoms with Crippen LogP contribution in [-0.2, 0) is 0 Å². The van der Waals surface area contributed by atoms with Crippen LogP contribution in [0.2, 0.25) is 0 Å². The summed E-state index contributed by atoms with van der Waals surface area (Å²) < 4.78 is 25.7. The Bertz CT molecular complexity index is 326. The van der Waals surface area contributed by atoms with E-state index in [1.54, 1.807) is 38.1 Å². The molecule has 0 radical (unpaired) electrons. The van der Waals surface area contributed by atoms with Gasteiger partial charge in [-0.3, -0.25) is 4.79 Å². The minimum absolute atomic E-state index is 0.189. The maximum absolute atomic E-state index is 12.8. The molecule has 1 nitrogen and oxygen atoms in total. The van der Waals surface area contributed by atoms with Gasteiger partial charge in [-0.15, -0.1) is 0 Å². The van der Waals surface area contributed by atoms with E-state index in [1.165, 1.54) is 0 Å². The highest BCUT2D eigenvalue weighted by molar-refractivity contribution is 5.77. The summed E-state index contributed by atoms with van der Waals surface area (Å²) in [5.74, 6) is -1.06. The summed E-state index contributed by atoms with van der Waals surface area (Å²) in [6.07, 6.45) is -1.81. The molecule has 0 aliphatic heterocycles. The molecule has 0 N–H and O–H groups in total. The summed E-state index contributed by atoms with van der Waals surface area (Å²) in [5.41, 5.74) is 0.800. The second-order valence-electron chi connectivity index (χ2n) is 3.85. The lowest BCUT2D eigenvalue weighted by Crippen LogP contribution is -2.17. The van der Waals surface area contributed by atoms with Crippen molar-refractivity contribution in [1.82, 2.24) is 0 Å². The second kappa shape index (κ2) is 5.01. The first-order chi connectivity index (χ1) is 7.07. The molecular weight excluding hydrogens is 198 g/mol. The fraction of sp³-hybridized carbons (Fsp3) is 0.417. The zero-order valence-electron chi connectivity index (χ0n) is 8.78. The third-order valence-corrected chi connectivity index (χ3v) is 2.47. The van der Waals surface area contributed by atoms with Crippen LogP contribution in [-0.4, -0.2) is 12.7 Å². The van der Waals surface area contributed by atoms with E-state index in [0.29, 0.717) is 17.4 Å². The van der Waals surface area contributed by atoms with Crippen molar-refractivity contribution in [2.45, 2.75) is 26.2 Å². The topological polar surface area (TPSA) is 17.1 Å². The standard InChI is InChI=1S/C12H14F2O/c1-8(2)11(12(13)14)10-6-4-3-5-9(10)7-15/h3-8,11-12H,1-2H3. The first-order valence-electron chi connectivity index (χ1n) is 4.90. The molecule has 0 aromatic heterocycles. The SMILES string of the molecule is CC(C)C(c1ccccc1C=O)C(F)F. The normalized spacial score (nSPS) is 13.2. The van der Waals surface area contributed by atoms with Gasteiger partial charge in [0.15, 0.2) is 0 Å². The number of benzene rings is 1. The van der Waals surface area contributed by atoms with E-state index < -0.39 is 12.3 Å². The third kappa shape index (κ3) is 2.61. The van der Waals surface area contributed by atoms with E-state index in [1.807, 2.05) is 0 Å². The molecule has 1 aromatic carbocycles. The Morgan fingerprint density at radius 1 is 1.20 bits per heavy atom. The molecule has 0 amide bonds. The molecule has 0 aliphatic rings. The average Bonchev–Trinajstić information content (AvgIpc) is 2.17. The van der Waals surface area contributed by atoms with Gasteiger partial charge in [0.25, 0.3) is 0 Å². The molecule has 0 bridgehead atoms. The first kappa shape index (κ1) is 11.8. The molecule has 0 spiro atoms. The molecule has 1 unspecified atom stereocenters. The number of hydrogen-bond donors (Lipinski definition) is 0. The lowest BCUT2D eigenvalue weighted by Gasteiger charge is -2.21. The van der Waals surface area contributed by atoms with Gasteiger partial charge in [-0.2, -0.15) is 0 Å². The van der Waals surface area contributed by atoms with Crippen molar-refractivity contribution in [1.29, 1.82) is 0 Å². The van der Waals surface area contributed by atoms with Gasteiger partial charge in [0.1, 0.15) is 6.29 Å². The van der Waals surface area contributed by atoms with E-state index in [4.69, 9.17) is 0 Å². The van der Waals surface area contributed by atoms with Crippen LogP contribution in [0.1, 0.15) is 35.7 Å². The van der Waals surface area contributed by atoms with Gasteiger partial charge < -0.3 is 0 Å². The Hall–Kier alpha value is -1.25. The summed E-state index contributed by atoms with van der Waals surface area (Å²) in [4.78, 5) is 10.7. The van der Waals surface area contributed by atoms with Gasteiger partial charge in [-0.1, -0.05) is 38.1 Å². The van der Waals surface area contributed by atoms with Crippen LogP contribution in [0.15, 0.2) is 24.3 Å². The zero-order chi connectivity index (χ0) is 11.4. The van der Waals surface area contributed by atoms with Crippen LogP contribution in [0.3, 0.4) is 0 Å². The predicted molar refractivity (Wildman–Crippen MR) is 55.4 cm³/mol. The molecule has 0 saturated carbocycles. The fourth-order valence-electron chi connectivity index (χ4n) is 1.71. The van der Waals surface area contributed by atoms with E-state index in [2.05, 4.69) is 0 Å². The third-order valence-electron chi connectivity index (χ3n) is 2.47. The van der Waals surface area contributed by atoms with Crippen LogP contribution < -0.4 is 0 Å². The average molecular weight is 212 g/mol. The van der Waals surface area contributed by atoms with E-state index in [9.17, 15) is 13.6 Å². The molecule has 0 saturated heterocycles. The lowest BCUT2D eigenvalue weighted by atomic mass is 9.86. The Labute approximate surface area is 88.1 Å². The van der Waals surface area contributed by atoms with Crippen molar-refractivity contribution in [3.63, 3.8) is 0 Å². The Balaban J connectivity index is 3.16. The van der Waals surface area contributed by atoms with Crippen molar-refractivity contribution >= 4 is 6.29 Å². The molecule has 1 atom stereocenters. The highest BCUT2D eigenvalue weighted by atomic mass is 19.3. The maximum atomic E-state index is 12.8. The monoisotopic (exact) mass is 212 g/mol. The van der Waals surface area contributed by atoms with Crippen molar-refractivity contribution in [3.8, 4) is 0 Å². The van der Waals surface area contributed by atoms with Crippen LogP contribution >= 0.6 is 0 Å². The molecule has 0 heterocycles. The van der Waals surface area contributed by atoms with Crippen molar-refractivity contribution in [3.05, 3.63) is 35.4 Å². The van der Waals surface area contributed by atoms with E-state index in [0.717, 1.165) is 0 Å². The predicted octanol–water partition coefficient (Wildman–Crippen LogP) is 3.50.